The zero-order chi connectivity index (χ0) is 23.6. The van der Waals surface area contributed by atoms with Crippen molar-refractivity contribution in [1.29, 1.82) is 0 Å². The Balaban J connectivity index is 1.28. The molecule has 0 aliphatic carbocycles. The van der Waals surface area contributed by atoms with Gasteiger partial charge in [0.25, 0.3) is 0 Å². The number of carbonyl (C=O) groups excluding carboxylic acids is 1. The topological polar surface area (TPSA) is 83.8 Å². The van der Waals surface area contributed by atoms with Gasteiger partial charge in [0, 0.05) is 36.2 Å². The van der Waals surface area contributed by atoms with Gasteiger partial charge in [0.15, 0.2) is 5.13 Å². The second kappa shape index (κ2) is 10.2. The second-order valence-electron chi connectivity index (χ2n) is 9.55. The van der Waals surface area contributed by atoms with Crippen molar-refractivity contribution in [2.75, 3.05) is 31.5 Å². The maximum atomic E-state index is 13.1. The van der Waals surface area contributed by atoms with Gasteiger partial charge in [0.05, 0.1) is 18.0 Å². The number of likely N-dealkylation sites (tertiary alicyclic amines) is 1. The highest BCUT2D eigenvalue weighted by Gasteiger charge is 2.32. The Bertz CT molecular complexity index is 1060. The molecule has 2 aliphatic heterocycles. The molecule has 0 spiro atoms. The van der Waals surface area contributed by atoms with Crippen LogP contribution in [0.4, 0.5) is 9.52 Å². The first-order chi connectivity index (χ1) is 15.7. The van der Waals surface area contributed by atoms with E-state index in [1.165, 1.54) is 34.2 Å². The van der Waals surface area contributed by atoms with Crippen LogP contribution in [0.1, 0.15) is 38.8 Å². The summed E-state index contributed by atoms with van der Waals surface area (Å²) in [5.74, 6) is 0.600. The molecule has 2 aromatic rings. The van der Waals surface area contributed by atoms with E-state index in [0.29, 0.717) is 18.0 Å². The van der Waals surface area contributed by atoms with Gasteiger partial charge < -0.3 is 10.2 Å². The van der Waals surface area contributed by atoms with Crippen molar-refractivity contribution >= 4 is 32.4 Å². The van der Waals surface area contributed by atoms with Crippen molar-refractivity contribution in [3.05, 3.63) is 41.2 Å². The minimum Gasteiger partial charge on any atom is -0.329 e. The number of sulfonamides is 1. The lowest BCUT2D eigenvalue weighted by molar-refractivity contribution is -0.925. The molecule has 180 valence electrons. The van der Waals surface area contributed by atoms with Crippen LogP contribution >= 0.6 is 11.3 Å². The van der Waals surface area contributed by atoms with Gasteiger partial charge in [-0.15, -0.1) is 11.3 Å². The number of aromatic nitrogens is 1. The van der Waals surface area contributed by atoms with Crippen LogP contribution in [-0.4, -0.2) is 49.8 Å². The van der Waals surface area contributed by atoms with E-state index in [1.54, 1.807) is 4.90 Å². The molecule has 0 radical (unpaired) electrons. The van der Waals surface area contributed by atoms with Crippen LogP contribution < -0.4 is 10.2 Å². The Morgan fingerprint density at radius 3 is 2.45 bits per heavy atom. The van der Waals surface area contributed by atoms with Crippen LogP contribution in [0, 0.1) is 23.6 Å². The lowest BCUT2D eigenvalue weighted by Gasteiger charge is -2.31. The minimum absolute atomic E-state index is 0.0711. The molecule has 2 unspecified atom stereocenters. The van der Waals surface area contributed by atoms with Gasteiger partial charge in [-0.2, -0.15) is 4.31 Å². The number of amides is 1. The molecule has 10 heteroatoms. The van der Waals surface area contributed by atoms with Crippen LogP contribution in [0.3, 0.4) is 0 Å². The maximum absolute atomic E-state index is 13.1. The van der Waals surface area contributed by atoms with E-state index >= 15 is 0 Å². The summed E-state index contributed by atoms with van der Waals surface area (Å²) in [7, 11) is -3.68. The van der Waals surface area contributed by atoms with E-state index in [0.717, 1.165) is 49.3 Å². The Hall–Kier alpha value is -1.88. The van der Waals surface area contributed by atoms with Gasteiger partial charge in [-0.25, -0.2) is 17.8 Å². The molecule has 0 bridgehead atoms. The lowest BCUT2D eigenvalue weighted by atomic mass is 9.92. The van der Waals surface area contributed by atoms with Crippen molar-refractivity contribution in [3.8, 4) is 0 Å². The van der Waals surface area contributed by atoms with E-state index in [9.17, 15) is 17.6 Å². The molecule has 3 heterocycles. The molecular weight excluding hydrogens is 463 g/mol. The number of piperidine rings is 2. The summed E-state index contributed by atoms with van der Waals surface area (Å²) in [5.41, 5.74) is 1.01. The fourth-order valence-corrected chi connectivity index (χ4v) is 7.27. The molecule has 2 atom stereocenters. The molecule has 2 N–H and O–H groups in total. The molecular formula is C23H32FN4O3S2+. The number of anilines is 1. The van der Waals surface area contributed by atoms with Gasteiger partial charge in [-0.1, -0.05) is 13.8 Å². The lowest BCUT2D eigenvalue weighted by Crippen LogP contribution is -3.13. The highest BCUT2D eigenvalue weighted by molar-refractivity contribution is 7.89. The summed E-state index contributed by atoms with van der Waals surface area (Å²) >= 11 is 1.44. The molecule has 7 nitrogen and oxygen atoms in total. The summed E-state index contributed by atoms with van der Waals surface area (Å²) < 4.78 is 40.0. The van der Waals surface area contributed by atoms with E-state index in [2.05, 4.69) is 24.1 Å². The number of nitrogens with one attached hydrogen (secondary N) is 2. The summed E-state index contributed by atoms with van der Waals surface area (Å²) in [6.07, 6.45) is 2.17. The zero-order valence-corrected chi connectivity index (χ0v) is 20.7. The van der Waals surface area contributed by atoms with Crippen LogP contribution in [-0.2, 0) is 21.4 Å². The number of rotatable bonds is 6. The van der Waals surface area contributed by atoms with Crippen molar-refractivity contribution < 1.29 is 22.5 Å². The normalized spacial score (nSPS) is 25.1. The molecule has 1 amide bonds. The minimum atomic E-state index is -3.68. The van der Waals surface area contributed by atoms with E-state index in [-0.39, 0.29) is 29.8 Å². The van der Waals surface area contributed by atoms with Crippen LogP contribution in [0.2, 0.25) is 0 Å². The average molecular weight is 496 g/mol. The second-order valence-corrected chi connectivity index (χ2v) is 12.3. The zero-order valence-electron chi connectivity index (χ0n) is 19.1. The average Bonchev–Trinajstić information content (AvgIpc) is 3.20. The molecule has 2 aliphatic rings. The van der Waals surface area contributed by atoms with Crippen LogP contribution in [0.25, 0.3) is 0 Å². The molecule has 4 rings (SSSR count). The first kappa shape index (κ1) is 24.3. The fourth-order valence-electron chi connectivity index (χ4n) is 5.09. The monoisotopic (exact) mass is 495 g/mol. The van der Waals surface area contributed by atoms with Gasteiger partial charge in [-0.05, 0) is 43.5 Å². The number of carbonyl (C=O) groups is 1. The summed E-state index contributed by atoms with van der Waals surface area (Å²) in [6.45, 7) is 8.31. The molecule has 1 aromatic carbocycles. The van der Waals surface area contributed by atoms with E-state index in [1.807, 2.05) is 5.38 Å². The summed E-state index contributed by atoms with van der Waals surface area (Å²) in [4.78, 5) is 19.0. The van der Waals surface area contributed by atoms with Crippen molar-refractivity contribution in [2.24, 2.45) is 17.8 Å². The number of quaternary nitrogens is 1. The highest BCUT2D eigenvalue weighted by atomic mass is 32.2. The van der Waals surface area contributed by atoms with Crippen LogP contribution in [0.15, 0.2) is 34.5 Å². The fraction of sp³-hybridized carbons (Fsp3) is 0.565. The van der Waals surface area contributed by atoms with Gasteiger partial charge in [0.2, 0.25) is 15.9 Å². The standard InChI is InChI=1S/C23H31FN4O3S2/c1-16-11-17(2)13-27(12-16)14-20-15-32-23(25-20)26-22(29)18-7-9-28(10-8-18)33(30,31)21-5-3-19(24)4-6-21/h3-6,15-18H,7-14H2,1-2H3,(H,25,26,29)/p+1. The number of hydrogen-bond acceptors (Lipinski definition) is 5. The quantitative estimate of drug-likeness (QED) is 0.645. The number of halogens is 1. The number of nitrogens with zero attached hydrogens (tertiary/aromatic N) is 2. The Morgan fingerprint density at radius 1 is 1.18 bits per heavy atom. The maximum Gasteiger partial charge on any atom is 0.243 e. The van der Waals surface area contributed by atoms with Crippen molar-refractivity contribution in [2.45, 2.75) is 44.6 Å². The molecule has 33 heavy (non-hydrogen) atoms. The third-order valence-corrected chi connectivity index (χ3v) is 9.29. The van der Waals surface area contributed by atoms with Gasteiger partial charge in [-0.3, -0.25) is 4.79 Å². The smallest absolute Gasteiger partial charge is 0.243 e. The van der Waals surface area contributed by atoms with Crippen LogP contribution in [0.5, 0.6) is 0 Å². The van der Waals surface area contributed by atoms with E-state index < -0.39 is 15.8 Å². The Labute approximate surface area is 199 Å². The van der Waals surface area contributed by atoms with Gasteiger partial charge in [0.1, 0.15) is 18.1 Å². The van der Waals surface area contributed by atoms with Crippen molar-refractivity contribution in [1.82, 2.24) is 9.29 Å². The van der Waals surface area contributed by atoms with Crippen molar-refractivity contribution in [3.63, 3.8) is 0 Å². The SMILES string of the molecule is CC1CC(C)C[NH+](Cc2csc(NC(=O)C3CCN(S(=O)(=O)c4ccc(F)cc4)CC3)n2)C1. The highest BCUT2D eigenvalue weighted by Crippen LogP contribution is 2.26. The number of benzene rings is 1. The van der Waals surface area contributed by atoms with Gasteiger partial charge >= 0.3 is 0 Å². The predicted octanol–water partition coefficient (Wildman–Crippen LogP) is 2.38. The summed E-state index contributed by atoms with van der Waals surface area (Å²) in [5, 5.41) is 5.55. The first-order valence-corrected chi connectivity index (χ1v) is 13.9. The molecule has 0 saturated carbocycles. The Kier molecular flexibility index (Phi) is 7.47. The number of hydrogen-bond donors (Lipinski definition) is 2. The summed E-state index contributed by atoms with van der Waals surface area (Å²) in [6, 6.07) is 4.83. The molecule has 2 saturated heterocycles. The molecule has 2 fully saturated rings. The third-order valence-electron chi connectivity index (χ3n) is 6.57. The van der Waals surface area contributed by atoms with E-state index in [4.69, 9.17) is 0 Å². The third kappa shape index (κ3) is 5.98. The first-order valence-electron chi connectivity index (χ1n) is 11.5. The Morgan fingerprint density at radius 2 is 1.82 bits per heavy atom. The molecule has 1 aromatic heterocycles. The largest absolute Gasteiger partial charge is 0.329 e. The number of thiazole rings is 1. The predicted molar refractivity (Wildman–Crippen MR) is 126 cm³/mol.